The molecule has 3 heterocycles. The Bertz CT molecular complexity index is 1450. The molecule has 2 aromatic heterocycles. The molecule has 8 heteroatoms. The second-order valence-corrected chi connectivity index (χ2v) is 9.10. The van der Waals surface area contributed by atoms with Crippen LogP contribution in [0.25, 0.3) is 11.0 Å². The number of likely N-dealkylation sites (N-methyl/N-ethyl adjacent to an activating group) is 1. The van der Waals surface area contributed by atoms with Gasteiger partial charge in [0.15, 0.2) is 11.5 Å². The molecule has 0 saturated heterocycles. The molecule has 0 bridgehead atoms. The van der Waals surface area contributed by atoms with E-state index < -0.39 is 6.04 Å². The molecule has 5 rings (SSSR count). The third-order valence-electron chi connectivity index (χ3n) is 6.85. The van der Waals surface area contributed by atoms with Gasteiger partial charge in [0.2, 0.25) is 18.6 Å². The van der Waals surface area contributed by atoms with Crippen LogP contribution in [0.4, 0.5) is 5.69 Å². The van der Waals surface area contributed by atoms with Crippen LogP contribution in [0.15, 0.2) is 66.9 Å². The van der Waals surface area contributed by atoms with Gasteiger partial charge in [0.1, 0.15) is 11.7 Å². The summed E-state index contributed by atoms with van der Waals surface area (Å²) in [5.74, 6) is 0.813. The lowest BCUT2D eigenvalue weighted by atomic mass is 10.0. The summed E-state index contributed by atoms with van der Waals surface area (Å²) in [7, 11) is 1.70. The lowest BCUT2D eigenvalue weighted by Crippen LogP contribution is -2.49. The first-order chi connectivity index (χ1) is 18.0. The van der Waals surface area contributed by atoms with E-state index in [1.807, 2.05) is 55.5 Å². The number of aromatic nitrogens is 2. The number of amides is 2. The number of aryl methyl sites for hydroxylation is 1. The topological polar surface area (TPSA) is 85.7 Å². The van der Waals surface area contributed by atoms with Gasteiger partial charge in [-0.2, -0.15) is 0 Å². The number of carbonyl (C=O) groups is 2. The maximum atomic E-state index is 13.7. The van der Waals surface area contributed by atoms with Crippen molar-refractivity contribution in [1.82, 2.24) is 14.9 Å². The number of hydrogen-bond acceptors (Lipinski definition) is 5. The van der Waals surface area contributed by atoms with Gasteiger partial charge in [-0.3, -0.25) is 9.59 Å². The Morgan fingerprint density at radius 2 is 1.86 bits per heavy atom. The van der Waals surface area contributed by atoms with Crippen LogP contribution in [0.5, 0.6) is 11.5 Å². The number of ether oxygens (including phenoxy) is 2. The summed E-state index contributed by atoms with van der Waals surface area (Å²) in [4.78, 5) is 33.1. The summed E-state index contributed by atoms with van der Waals surface area (Å²) in [5.41, 5.74) is 4.43. The van der Waals surface area contributed by atoms with E-state index in [2.05, 4.69) is 21.8 Å². The summed E-state index contributed by atoms with van der Waals surface area (Å²) < 4.78 is 13.0. The first-order valence-corrected chi connectivity index (χ1v) is 12.4. The first-order valence-electron chi connectivity index (χ1n) is 12.4. The Morgan fingerprint density at radius 3 is 2.65 bits per heavy atom. The number of anilines is 1. The minimum Gasteiger partial charge on any atom is -0.454 e. The van der Waals surface area contributed by atoms with Crippen molar-refractivity contribution in [2.75, 3.05) is 18.7 Å². The normalized spacial score (nSPS) is 12.9. The fourth-order valence-electron chi connectivity index (χ4n) is 4.88. The number of pyridine rings is 1. The number of rotatable bonds is 8. The average molecular weight is 499 g/mol. The quantitative estimate of drug-likeness (QED) is 0.397. The van der Waals surface area contributed by atoms with Crippen LogP contribution in [-0.4, -0.2) is 41.2 Å². The van der Waals surface area contributed by atoms with Crippen LogP contribution >= 0.6 is 0 Å². The van der Waals surface area contributed by atoms with Gasteiger partial charge in [0, 0.05) is 49.0 Å². The standard InChI is InChI=1S/C29H30N4O4/c1-4-33-19(2)23(22-11-8-14-30-28(22)33)17-27(34)31-24(15-20-9-6-5-7-10-20)29(35)32(3)21-12-13-25-26(16-21)37-18-36-25/h5-14,16,24H,4,15,17-18H2,1-3H3,(H,31,34). The number of fused-ring (bicyclic) bond motifs is 2. The summed E-state index contributed by atoms with van der Waals surface area (Å²) >= 11 is 0. The molecule has 1 aliphatic rings. The zero-order valence-corrected chi connectivity index (χ0v) is 21.2. The highest BCUT2D eigenvalue weighted by molar-refractivity contribution is 6.00. The molecule has 1 atom stereocenters. The molecule has 0 fully saturated rings. The highest BCUT2D eigenvalue weighted by atomic mass is 16.7. The van der Waals surface area contributed by atoms with Gasteiger partial charge < -0.3 is 24.3 Å². The van der Waals surface area contributed by atoms with Crippen molar-refractivity contribution in [3.63, 3.8) is 0 Å². The van der Waals surface area contributed by atoms with Gasteiger partial charge in [0.05, 0.1) is 6.42 Å². The molecule has 1 unspecified atom stereocenters. The minimum absolute atomic E-state index is 0.159. The molecule has 37 heavy (non-hydrogen) atoms. The summed E-state index contributed by atoms with van der Waals surface area (Å²) in [6, 6.07) is 18.2. The van der Waals surface area contributed by atoms with Crippen molar-refractivity contribution in [1.29, 1.82) is 0 Å². The van der Waals surface area contributed by atoms with E-state index in [-0.39, 0.29) is 25.0 Å². The van der Waals surface area contributed by atoms with Crippen molar-refractivity contribution >= 4 is 28.5 Å². The Kier molecular flexibility index (Phi) is 6.81. The molecule has 0 spiro atoms. The Hall–Kier alpha value is -4.33. The maximum Gasteiger partial charge on any atom is 0.249 e. The van der Waals surface area contributed by atoms with Crippen molar-refractivity contribution < 1.29 is 19.1 Å². The monoisotopic (exact) mass is 498 g/mol. The van der Waals surface area contributed by atoms with Crippen LogP contribution in [-0.2, 0) is 29.0 Å². The smallest absolute Gasteiger partial charge is 0.249 e. The molecule has 4 aromatic rings. The van der Waals surface area contributed by atoms with Crippen LogP contribution < -0.4 is 19.7 Å². The zero-order chi connectivity index (χ0) is 25.9. The van der Waals surface area contributed by atoms with Gasteiger partial charge in [-0.15, -0.1) is 0 Å². The summed E-state index contributed by atoms with van der Waals surface area (Å²) in [6.45, 7) is 4.99. The van der Waals surface area contributed by atoms with Crippen LogP contribution in [0.1, 0.15) is 23.7 Å². The third kappa shape index (κ3) is 4.87. The molecule has 0 radical (unpaired) electrons. The SMILES string of the molecule is CCn1c(C)c(CC(=O)NC(Cc2ccccc2)C(=O)N(C)c2ccc3c(c2)OCO3)c2cccnc21. The molecule has 2 amide bonds. The molecule has 1 aliphatic heterocycles. The Morgan fingerprint density at radius 1 is 1.08 bits per heavy atom. The molecule has 1 N–H and O–H groups in total. The highest BCUT2D eigenvalue weighted by Crippen LogP contribution is 2.35. The molecular weight excluding hydrogens is 468 g/mol. The molecule has 2 aromatic carbocycles. The third-order valence-corrected chi connectivity index (χ3v) is 6.85. The fourth-order valence-corrected chi connectivity index (χ4v) is 4.88. The minimum atomic E-state index is -0.747. The van der Waals surface area contributed by atoms with E-state index in [0.717, 1.165) is 34.4 Å². The molecular formula is C29H30N4O4. The summed E-state index contributed by atoms with van der Waals surface area (Å²) in [6.07, 6.45) is 2.29. The zero-order valence-electron chi connectivity index (χ0n) is 21.2. The van der Waals surface area contributed by atoms with E-state index in [1.165, 1.54) is 0 Å². The number of benzene rings is 2. The number of nitrogens with one attached hydrogen (secondary N) is 1. The Balaban J connectivity index is 1.40. The van der Waals surface area contributed by atoms with Crippen molar-refractivity contribution in [2.24, 2.45) is 0 Å². The van der Waals surface area contributed by atoms with Crippen molar-refractivity contribution in [3.05, 3.63) is 83.7 Å². The van der Waals surface area contributed by atoms with Crippen molar-refractivity contribution in [3.8, 4) is 11.5 Å². The van der Waals surface area contributed by atoms with Gasteiger partial charge in [-0.25, -0.2) is 4.98 Å². The Labute approximate surface area is 215 Å². The van der Waals surface area contributed by atoms with Crippen LogP contribution in [0.2, 0.25) is 0 Å². The predicted molar refractivity (Wildman–Crippen MR) is 142 cm³/mol. The van der Waals surface area contributed by atoms with E-state index in [0.29, 0.717) is 23.6 Å². The van der Waals surface area contributed by atoms with E-state index in [9.17, 15) is 9.59 Å². The molecule has 8 nitrogen and oxygen atoms in total. The highest BCUT2D eigenvalue weighted by Gasteiger charge is 2.27. The molecule has 0 saturated carbocycles. The number of nitrogens with zero attached hydrogens (tertiary/aromatic N) is 3. The fraction of sp³-hybridized carbons (Fsp3) is 0.276. The van der Waals surface area contributed by atoms with Gasteiger partial charge in [-0.1, -0.05) is 30.3 Å². The summed E-state index contributed by atoms with van der Waals surface area (Å²) in [5, 5.41) is 3.98. The van der Waals surface area contributed by atoms with Gasteiger partial charge >= 0.3 is 0 Å². The maximum absolute atomic E-state index is 13.7. The number of hydrogen-bond donors (Lipinski definition) is 1. The molecule has 0 aliphatic carbocycles. The molecule has 190 valence electrons. The van der Waals surface area contributed by atoms with Gasteiger partial charge in [0.25, 0.3) is 0 Å². The van der Waals surface area contributed by atoms with Gasteiger partial charge in [-0.05, 0) is 49.2 Å². The van der Waals surface area contributed by atoms with E-state index in [4.69, 9.17) is 9.47 Å². The van der Waals surface area contributed by atoms with E-state index >= 15 is 0 Å². The van der Waals surface area contributed by atoms with E-state index in [1.54, 1.807) is 30.3 Å². The van der Waals surface area contributed by atoms with Crippen LogP contribution in [0, 0.1) is 6.92 Å². The van der Waals surface area contributed by atoms with Crippen LogP contribution in [0.3, 0.4) is 0 Å². The second-order valence-electron chi connectivity index (χ2n) is 9.10. The largest absolute Gasteiger partial charge is 0.454 e. The second kappa shape index (κ2) is 10.3. The predicted octanol–water partition coefficient (Wildman–Crippen LogP) is 4.03. The first kappa shape index (κ1) is 24.4. The lowest BCUT2D eigenvalue weighted by Gasteiger charge is -2.25. The van der Waals surface area contributed by atoms with Crippen molar-refractivity contribution in [2.45, 2.75) is 39.3 Å². The lowest BCUT2D eigenvalue weighted by molar-refractivity contribution is -0.127. The number of carbonyl (C=O) groups excluding carboxylic acids is 2. The average Bonchev–Trinajstić information content (AvgIpc) is 3.49.